The standard InChI is InChI=1S/C12H11FN2O2/c13-12(15(16)17)8-10(6-7-11(12)14)9-4-2-1-3-5-9/h1-7H,8,14H2. The number of hydrogen-bond acceptors (Lipinski definition) is 3. The van der Waals surface area contributed by atoms with Crippen molar-refractivity contribution in [3.8, 4) is 0 Å². The van der Waals surface area contributed by atoms with Crippen LogP contribution in [0.5, 0.6) is 0 Å². The maximum Gasteiger partial charge on any atom is 0.402 e. The molecule has 17 heavy (non-hydrogen) atoms. The minimum absolute atomic E-state index is 0.341. The van der Waals surface area contributed by atoms with Gasteiger partial charge in [-0.15, -0.1) is 0 Å². The number of nitrogens with two attached hydrogens (primary N) is 1. The number of allylic oxidation sites excluding steroid dienone is 2. The average molecular weight is 234 g/mol. The molecule has 1 unspecified atom stereocenters. The third-order valence-corrected chi connectivity index (χ3v) is 2.77. The van der Waals surface area contributed by atoms with E-state index in [0.717, 1.165) is 5.56 Å². The maximum absolute atomic E-state index is 14.1. The number of halogens is 1. The molecule has 4 nitrogen and oxygen atoms in total. The second-order valence-corrected chi connectivity index (χ2v) is 3.87. The van der Waals surface area contributed by atoms with E-state index in [4.69, 9.17) is 5.73 Å². The van der Waals surface area contributed by atoms with Crippen LogP contribution in [0.3, 0.4) is 0 Å². The zero-order valence-corrected chi connectivity index (χ0v) is 8.97. The fourth-order valence-corrected chi connectivity index (χ4v) is 1.75. The Morgan fingerprint density at radius 3 is 2.53 bits per heavy atom. The molecule has 0 saturated heterocycles. The first-order valence-corrected chi connectivity index (χ1v) is 5.09. The Morgan fingerprint density at radius 1 is 1.29 bits per heavy atom. The Balaban J connectivity index is 2.39. The van der Waals surface area contributed by atoms with Gasteiger partial charge in [0.1, 0.15) is 5.70 Å². The third-order valence-electron chi connectivity index (χ3n) is 2.77. The van der Waals surface area contributed by atoms with Crippen LogP contribution >= 0.6 is 0 Å². The molecule has 0 fully saturated rings. The maximum atomic E-state index is 14.1. The van der Waals surface area contributed by atoms with Gasteiger partial charge in [0, 0.05) is 0 Å². The van der Waals surface area contributed by atoms with E-state index in [1.807, 2.05) is 6.07 Å². The molecule has 0 spiro atoms. The predicted octanol–water partition coefficient (Wildman–Crippen LogP) is 2.26. The molecule has 2 rings (SSSR count). The summed E-state index contributed by atoms with van der Waals surface area (Å²) in [6.45, 7) is 0. The smallest absolute Gasteiger partial charge is 0.394 e. The second kappa shape index (κ2) is 4.01. The number of benzene rings is 1. The van der Waals surface area contributed by atoms with Crippen molar-refractivity contribution < 1.29 is 9.31 Å². The van der Waals surface area contributed by atoms with E-state index < -0.39 is 10.7 Å². The molecule has 1 aliphatic carbocycles. The van der Waals surface area contributed by atoms with Crippen LogP contribution in [0.15, 0.2) is 48.2 Å². The first-order valence-electron chi connectivity index (χ1n) is 5.09. The van der Waals surface area contributed by atoms with E-state index in [2.05, 4.69) is 0 Å². The fraction of sp³-hybridized carbons (Fsp3) is 0.167. The first-order chi connectivity index (χ1) is 8.04. The molecule has 1 atom stereocenters. The zero-order valence-electron chi connectivity index (χ0n) is 8.97. The van der Waals surface area contributed by atoms with Gasteiger partial charge < -0.3 is 5.73 Å². The first kappa shape index (κ1) is 11.3. The van der Waals surface area contributed by atoms with E-state index in [0.29, 0.717) is 5.57 Å². The van der Waals surface area contributed by atoms with Crippen LogP contribution in [-0.2, 0) is 0 Å². The molecule has 0 bridgehead atoms. The molecule has 0 aromatic heterocycles. The number of hydrogen-bond donors (Lipinski definition) is 1. The molecule has 0 saturated carbocycles. The SMILES string of the molecule is NC1=CC=C(c2ccccc2)CC1(F)[N+](=O)[O-]. The monoisotopic (exact) mass is 234 g/mol. The summed E-state index contributed by atoms with van der Waals surface area (Å²) in [6.07, 6.45) is 2.53. The lowest BCUT2D eigenvalue weighted by atomic mass is 9.91. The summed E-state index contributed by atoms with van der Waals surface area (Å²) >= 11 is 0. The van der Waals surface area contributed by atoms with Crippen LogP contribution in [0.4, 0.5) is 4.39 Å². The summed E-state index contributed by atoms with van der Waals surface area (Å²) in [6, 6.07) is 8.98. The predicted molar refractivity (Wildman–Crippen MR) is 62.1 cm³/mol. The Hall–Kier alpha value is -2.17. The summed E-state index contributed by atoms with van der Waals surface area (Å²) in [5.74, 6) is -2.69. The van der Waals surface area contributed by atoms with Crippen molar-refractivity contribution in [2.45, 2.75) is 12.2 Å². The van der Waals surface area contributed by atoms with Gasteiger partial charge >= 0.3 is 5.79 Å². The summed E-state index contributed by atoms with van der Waals surface area (Å²) in [7, 11) is 0. The molecule has 1 aromatic carbocycles. The summed E-state index contributed by atoms with van der Waals surface area (Å²) in [4.78, 5) is 9.77. The van der Waals surface area contributed by atoms with Gasteiger partial charge in [-0.3, -0.25) is 10.1 Å². The Morgan fingerprint density at radius 2 is 1.94 bits per heavy atom. The fourth-order valence-electron chi connectivity index (χ4n) is 1.75. The largest absolute Gasteiger partial charge is 0.402 e. The van der Waals surface area contributed by atoms with Crippen molar-refractivity contribution in [2.24, 2.45) is 5.73 Å². The lowest BCUT2D eigenvalue weighted by molar-refractivity contribution is -0.591. The second-order valence-electron chi connectivity index (χ2n) is 3.87. The van der Waals surface area contributed by atoms with Gasteiger partial charge in [-0.1, -0.05) is 36.4 Å². The summed E-state index contributed by atoms with van der Waals surface area (Å²) in [5, 5.41) is 10.7. The van der Waals surface area contributed by atoms with Gasteiger partial charge in [-0.25, -0.2) is 0 Å². The highest BCUT2D eigenvalue weighted by Crippen LogP contribution is 2.35. The van der Waals surface area contributed by atoms with Crippen molar-refractivity contribution in [1.82, 2.24) is 0 Å². The van der Waals surface area contributed by atoms with Crippen LogP contribution in [0.25, 0.3) is 5.57 Å². The van der Waals surface area contributed by atoms with E-state index in [1.165, 1.54) is 6.08 Å². The van der Waals surface area contributed by atoms with Crippen LogP contribution in [0.1, 0.15) is 12.0 Å². The van der Waals surface area contributed by atoms with Crippen LogP contribution < -0.4 is 5.73 Å². The number of alkyl halides is 1. The van der Waals surface area contributed by atoms with Crippen LogP contribution in [0.2, 0.25) is 0 Å². The van der Waals surface area contributed by atoms with E-state index in [1.54, 1.807) is 30.3 Å². The Bertz CT molecular complexity index is 510. The molecule has 0 radical (unpaired) electrons. The van der Waals surface area contributed by atoms with Crippen molar-refractivity contribution >= 4 is 5.57 Å². The van der Waals surface area contributed by atoms with Crippen molar-refractivity contribution in [3.63, 3.8) is 0 Å². The highest BCUT2D eigenvalue weighted by atomic mass is 19.1. The zero-order chi connectivity index (χ0) is 12.5. The number of nitro groups is 1. The van der Waals surface area contributed by atoms with Gasteiger partial charge in [0.15, 0.2) is 0 Å². The highest BCUT2D eigenvalue weighted by molar-refractivity contribution is 5.69. The average Bonchev–Trinajstić information content (AvgIpc) is 2.33. The van der Waals surface area contributed by atoms with Gasteiger partial charge in [0.2, 0.25) is 0 Å². The summed E-state index contributed by atoms with van der Waals surface area (Å²) in [5.41, 5.74) is 6.33. The highest BCUT2D eigenvalue weighted by Gasteiger charge is 2.48. The molecule has 0 amide bonds. The molecular weight excluding hydrogens is 223 g/mol. The van der Waals surface area contributed by atoms with Crippen molar-refractivity contribution in [3.05, 3.63) is 63.9 Å². The molecule has 0 heterocycles. The molecular formula is C12H11FN2O2. The molecule has 1 aromatic rings. The van der Waals surface area contributed by atoms with Crippen molar-refractivity contribution in [1.29, 1.82) is 0 Å². The van der Waals surface area contributed by atoms with Gasteiger partial charge in [0.25, 0.3) is 0 Å². The minimum atomic E-state index is -2.69. The van der Waals surface area contributed by atoms with Gasteiger partial charge in [-0.05, 0) is 17.2 Å². The lowest BCUT2D eigenvalue weighted by Gasteiger charge is -2.22. The van der Waals surface area contributed by atoms with Gasteiger partial charge in [-0.2, -0.15) is 4.39 Å². The molecule has 5 heteroatoms. The number of nitrogens with zero attached hydrogens (tertiary/aromatic N) is 1. The lowest BCUT2D eigenvalue weighted by Crippen LogP contribution is -2.40. The van der Waals surface area contributed by atoms with E-state index in [9.17, 15) is 14.5 Å². The van der Waals surface area contributed by atoms with Gasteiger partial charge in [0.05, 0.1) is 11.3 Å². The topological polar surface area (TPSA) is 69.2 Å². The summed E-state index contributed by atoms with van der Waals surface area (Å²) < 4.78 is 14.1. The number of rotatable bonds is 2. The molecule has 2 N–H and O–H groups in total. The minimum Gasteiger partial charge on any atom is -0.394 e. The normalized spacial score (nSPS) is 23.8. The quantitative estimate of drug-likeness (QED) is 0.484. The molecule has 0 aliphatic heterocycles. The van der Waals surface area contributed by atoms with Crippen LogP contribution in [0, 0.1) is 10.1 Å². The molecule has 1 aliphatic rings. The van der Waals surface area contributed by atoms with E-state index >= 15 is 0 Å². The van der Waals surface area contributed by atoms with E-state index in [-0.39, 0.29) is 12.1 Å². The Labute approximate surface area is 97.4 Å². The van der Waals surface area contributed by atoms with Crippen molar-refractivity contribution in [2.75, 3.05) is 0 Å². The third kappa shape index (κ3) is 1.91. The molecule has 88 valence electrons. The Kier molecular flexibility index (Phi) is 2.67. The van der Waals surface area contributed by atoms with Crippen LogP contribution in [-0.4, -0.2) is 10.7 Å².